The van der Waals surface area contributed by atoms with Crippen LogP contribution in [0.25, 0.3) is 0 Å². The van der Waals surface area contributed by atoms with Crippen molar-refractivity contribution in [2.45, 2.75) is 53.5 Å². The summed E-state index contributed by atoms with van der Waals surface area (Å²) >= 11 is 0. The van der Waals surface area contributed by atoms with Crippen LogP contribution in [0.3, 0.4) is 0 Å². The van der Waals surface area contributed by atoms with Crippen molar-refractivity contribution in [3.05, 3.63) is 0 Å². The molecule has 1 unspecified atom stereocenters. The summed E-state index contributed by atoms with van der Waals surface area (Å²) in [6, 6.07) is -0.157. The maximum Gasteiger partial charge on any atom is 0.323 e. The van der Waals surface area contributed by atoms with Gasteiger partial charge < -0.3 is 10.1 Å². The minimum absolute atomic E-state index is 0.132. The zero-order valence-electron chi connectivity index (χ0n) is 10.7. The van der Waals surface area contributed by atoms with Crippen LogP contribution in [0.15, 0.2) is 0 Å². The predicted molar refractivity (Wildman–Crippen MR) is 62.8 cm³/mol. The fourth-order valence-electron chi connectivity index (χ4n) is 1.16. The Bertz CT molecular complexity index is 190. The van der Waals surface area contributed by atoms with Gasteiger partial charge in [-0.1, -0.05) is 27.7 Å². The van der Waals surface area contributed by atoms with E-state index < -0.39 is 0 Å². The molecule has 0 fully saturated rings. The Kier molecular flexibility index (Phi) is 6.57. The van der Waals surface area contributed by atoms with Crippen LogP contribution in [0.1, 0.15) is 47.5 Å². The number of rotatable bonds is 7. The van der Waals surface area contributed by atoms with Crippen LogP contribution < -0.4 is 5.32 Å². The summed E-state index contributed by atoms with van der Waals surface area (Å²) in [6.45, 7) is 11.7. The van der Waals surface area contributed by atoms with Gasteiger partial charge in [0.1, 0.15) is 6.04 Å². The molecule has 0 saturated carbocycles. The van der Waals surface area contributed by atoms with Crippen LogP contribution in [0, 0.1) is 5.41 Å². The third kappa shape index (κ3) is 5.78. The van der Waals surface area contributed by atoms with Crippen LogP contribution in [0.4, 0.5) is 0 Å². The van der Waals surface area contributed by atoms with Crippen molar-refractivity contribution < 1.29 is 9.53 Å². The highest BCUT2D eigenvalue weighted by atomic mass is 16.5. The molecule has 0 amide bonds. The summed E-state index contributed by atoms with van der Waals surface area (Å²) in [5, 5.41) is 3.27. The van der Waals surface area contributed by atoms with Gasteiger partial charge in [-0.15, -0.1) is 0 Å². The molecule has 0 aromatic carbocycles. The van der Waals surface area contributed by atoms with Crippen molar-refractivity contribution in [3.8, 4) is 0 Å². The van der Waals surface area contributed by atoms with Gasteiger partial charge in [-0.3, -0.25) is 4.79 Å². The average molecular weight is 215 g/mol. The standard InChI is InChI=1S/C12H25NO2/c1-6-10(11(14)15-8-3)13-9-12(4,5)7-2/h10,13H,6-9H2,1-5H3. The molecule has 0 aliphatic rings. The number of hydrogen-bond acceptors (Lipinski definition) is 3. The largest absolute Gasteiger partial charge is 0.465 e. The second-order valence-electron chi connectivity index (χ2n) is 4.61. The summed E-state index contributed by atoms with van der Waals surface area (Å²) < 4.78 is 4.99. The molecule has 1 N–H and O–H groups in total. The van der Waals surface area contributed by atoms with Gasteiger partial charge in [-0.25, -0.2) is 0 Å². The lowest BCUT2D eigenvalue weighted by molar-refractivity contribution is -0.145. The highest BCUT2D eigenvalue weighted by Gasteiger charge is 2.21. The van der Waals surface area contributed by atoms with E-state index in [1.165, 1.54) is 0 Å². The highest BCUT2D eigenvalue weighted by molar-refractivity contribution is 5.75. The average Bonchev–Trinajstić information content (AvgIpc) is 2.19. The van der Waals surface area contributed by atoms with Gasteiger partial charge in [0.15, 0.2) is 0 Å². The fourth-order valence-corrected chi connectivity index (χ4v) is 1.16. The van der Waals surface area contributed by atoms with Gasteiger partial charge in [0, 0.05) is 6.54 Å². The monoisotopic (exact) mass is 215 g/mol. The van der Waals surface area contributed by atoms with Crippen molar-refractivity contribution in [2.75, 3.05) is 13.2 Å². The van der Waals surface area contributed by atoms with Gasteiger partial charge in [0.25, 0.3) is 0 Å². The van der Waals surface area contributed by atoms with Crippen molar-refractivity contribution in [3.63, 3.8) is 0 Å². The molecule has 0 heterocycles. The molecular weight excluding hydrogens is 190 g/mol. The smallest absolute Gasteiger partial charge is 0.323 e. The Hall–Kier alpha value is -0.570. The molecule has 90 valence electrons. The van der Waals surface area contributed by atoms with E-state index in [0.29, 0.717) is 6.61 Å². The van der Waals surface area contributed by atoms with Crippen LogP contribution >= 0.6 is 0 Å². The zero-order chi connectivity index (χ0) is 11.9. The number of carbonyl (C=O) groups is 1. The van der Waals surface area contributed by atoms with E-state index in [0.717, 1.165) is 19.4 Å². The molecule has 0 saturated heterocycles. The van der Waals surface area contributed by atoms with Crippen molar-refractivity contribution in [2.24, 2.45) is 5.41 Å². The van der Waals surface area contributed by atoms with Crippen LogP contribution in [0.5, 0.6) is 0 Å². The first-order valence-electron chi connectivity index (χ1n) is 5.86. The molecule has 0 radical (unpaired) electrons. The molecule has 3 nitrogen and oxygen atoms in total. The summed E-state index contributed by atoms with van der Waals surface area (Å²) in [5.74, 6) is -0.132. The topological polar surface area (TPSA) is 38.3 Å². The first kappa shape index (κ1) is 14.4. The van der Waals surface area contributed by atoms with E-state index in [-0.39, 0.29) is 17.4 Å². The molecule has 0 rings (SSSR count). The van der Waals surface area contributed by atoms with Gasteiger partial charge in [-0.2, -0.15) is 0 Å². The molecule has 0 bridgehead atoms. The Morgan fingerprint density at radius 3 is 2.33 bits per heavy atom. The summed E-state index contributed by atoms with van der Waals surface area (Å²) in [5.41, 5.74) is 0.236. The quantitative estimate of drug-likeness (QED) is 0.662. The molecule has 3 heteroatoms. The lowest BCUT2D eigenvalue weighted by Gasteiger charge is -2.25. The van der Waals surface area contributed by atoms with Crippen molar-refractivity contribution in [1.82, 2.24) is 5.32 Å². The molecule has 1 atom stereocenters. The van der Waals surface area contributed by atoms with Crippen molar-refractivity contribution in [1.29, 1.82) is 0 Å². The molecule has 0 spiro atoms. The third-order valence-corrected chi connectivity index (χ3v) is 2.76. The molecule has 0 aliphatic heterocycles. The van der Waals surface area contributed by atoms with Gasteiger partial charge >= 0.3 is 5.97 Å². The minimum atomic E-state index is -0.157. The molecular formula is C12H25NO2. The molecule has 0 aromatic rings. The summed E-state index contributed by atoms with van der Waals surface area (Å²) in [7, 11) is 0. The lowest BCUT2D eigenvalue weighted by atomic mass is 9.90. The second-order valence-corrected chi connectivity index (χ2v) is 4.61. The second kappa shape index (κ2) is 6.83. The highest BCUT2D eigenvalue weighted by Crippen LogP contribution is 2.18. The summed E-state index contributed by atoms with van der Waals surface area (Å²) in [4.78, 5) is 11.5. The van der Waals surface area contributed by atoms with Crippen molar-refractivity contribution >= 4 is 5.97 Å². The minimum Gasteiger partial charge on any atom is -0.465 e. The number of esters is 1. The Morgan fingerprint density at radius 1 is 1.33 bits per heavy atom. The third-order valence-electron chi connectivity index (χ3n) is 2.76. The van der Waals surface area contributed by atoms with Gasteiger partial charge in [0.2, 0.25) is 0 Å². The van der Waals surface area contributed by atoms with Crippen LogP contribution in [-0.2, 0) is 9.53 Å². The maximum atomic E-state index is 11.5. The normalized spacial score (nSPS) is 13.7. The number of hydrogen-bond donors (Lipinski definition) is 1. The van der Waals surface area contributed by atoms with E-state index in [1.54, 1.807) is 0 Å². The van der Waals surface area contributed by atoms with E-state index >= 15 is 0 Å². The van der Waals surface area contributed by atoms with Gasteiger partial charge in [-0.05, 0) is 25.2 Å². The van der Waals surface area contributed by atoms with Crippen LogP contribution in [-0.4, -0.2) is 25.2 Å². The molecule has 15 heavy (non-hydrogen) atoms. The summed E-state index contributed by atoms with van der Waals surface area (Å²) in [6.07, 6.45) is 1.87. The van der Waals surface area contributed by atoms with E-state index in [9.17, 15) is 4.79 Å². The first-order chi connectivity index (χ1) is 6.96. The SMILES string of the molecule is CCOC(=O)C(CC)NCC(C)(C)CC. The predicted octanol–water partition coefficient (Wildman–Crippen LogP) is 2.35. The van der Waals surface area contributed by atoms with E-state index in [2.05, 4.69) is 26.1 Å². The Labute approximate surface area is 93.6 Å². The Morgan fingerprint density at radius 2 is 1.93 bits per heavy atom. The van der Waals surface area contributed by atoms with E-state index in [1.807, 2.05) is 13.8 Å². The molecule has 0 aliphatic carbocycles. The lowest BCUT2D eigenvalue weighted by Crippen LogP contribution is -2.42. The zero-order valence-corrected chi connectivity index (χ0v) is 10.7. The first-order valence-corrected chi connectivity index (χ1v) is 5.86. The fraction of sp³-hybridized carbons (Fsp3) is 0.917. The molecule has 0 aromatic heterocycles. The number of ether oxygens (including phenoxy) is 1. The Balaban J connectivity index is 4.05. The number of nitrogens with one attached hydrogen (secondary N) is 1. The van der Waals surface area contributed by atoms with Crippen LogP contribution in [0.2, 0.25) is 0 Å². The number of carbonyl (C=O) groups excluding carboxylic acids is 1. The maximum absolute atomic E-state index is 11.5. The van der Waals surface area contributed by atoms with Gasteiger partial charge in [0.05, 0.1) is 6.61 Å². The van der Waals surface area contributed by atoms with E-state index in [4.69, 9.17) is 4.74 Å².